The second kappa shape index (κ2) is 15.5. The van der Waals surface area contributed by atoms with Gasteiger partial charge in [0, 0.05) is 52.8 Å². The molecule has 0 unspecified atom stereocenters. The summed E-state index contributed by atoms with van der Waals surface area (Å²) >= 11 is 6.52. The highest BCUT2D eigenvalue weighted by molar-refractivity contribution is 6.30. The molecular weight excluding hydrogens is 640 g/mol. The van der Waals surface area contributed by atoms with Crippen LogP contribution in [0.25, 0.3) is 0 Å². The molecule has 0 aliphatic carbocycles. The first-order chi connectivity index (χ1) is 22.7. The number of fused-ring (bicyclic) bond motifs is 1. The summed E-state index contributed by atoms with van der Waals surface area (Å²) in [6, 6.07) is 15.7. The number of carbonyl (C=O) groups excluding carboxylic acids is 3. The van der Waals surface area contributed by atoms with E-state index in [1.165, 1.54) is 21.1 Å². The van der Waals surface area contributed by atoms with Crippen LogP contribution in [0.5, 0.6) is 11.5 Å². The summed E-state index contributed by atoms with van der Waals surface area (Å²) in [6.07, 6.45) is -2.26. The van der Waals surface area contributed by atoms with Crippen molar-refractivity contribution in [1.82, 2.24) is 0 Å². The highest BCUT2D eigenvalue weighted by Crippen LogP contribution is 2.45. The highest BCUT2D eigenvalue weighted by atomic mass is 35.5. The molecule has 0 saturated carbocycles. The van der Waals surface area contributed by atoms with Crippen LogP contribution in [-0.2, 0) is 35.1 Å². The van der Waals surface area contributed by atoms with Gasteiger partial charge in [-0.25, -0.2) is 0 Å². The number of hydrogen-bond acceptors (Lipinski definition) is 8. The first kappa shape index (κ1) is 36.2. The van der Waals surface area contributed by atoms with E-state index >= 15 is 0 Å². The summed E-state index contributed by atoms with van der Waals surface area (Å²) in [7, 11) is 3.02. The molecule has 1 aliphatic rings. The van der Waals surface area contributed by atoms with E-state index in [1.54, 1.807) is 59.5 Å². The van der Waals surface area contributed by atoms with Crippen molar-refractivity contribution < 1.29 is 43.2 Å². The molecule has 11 nitrogen and oxygen atoms in total. The molecule has 1 aliphatic heterocycles. The van der Waals surface area contributed by atoms with E-state index in [2.05, 4.69) is 5.32 Å². The molecule has 2 atom stereocenters. The molecule has 2 amide bonds. The van der Waals surface area contributed by atoms with Gasteiger partial charge in [-0.2, -0.15) is 0 Å². The fraction of sp³-hybridized carbons (Fsp3) is 0.389. The van der Waals surface area contributed by atoms with Gasteiger partial charge in [-0.3, -0.25) is 19.2 Å². The number of methoxy groups -OCH3 is 2. The van der Waals surface area contributed by atoms with E-state index in [-0.39, 0.29) is 26.0 Å². The van der Waals surface area contributed by atoms with Gasteiger partial charge in [-0.15, -0.1) is 0 Å². The van der Waals surface area contributed by atoms with Crippen molar-refractivity contribution in [2.45, 2.75) is 59.2 Å². The van der Waals surface area contributed by atoms with Crippen LogP contribution in [0, 0.1) is 12.3 Å². The van der Waals surface area contributed by atoms with Crippen LogP contribution >= 0.6 is 11.6 Å². The van der Waals surface area contributed by atoms with Gasteiger partial charge in [0.15, 0.2) is 11.5 Å². The maximum atomic E-state index is 14.5. The molecule has 48 heavy (non-hydrogen) atoms. The molecule has 3 aromatic rings. The van der Waals surface area contributed by atoms with Gasteiger partial charge in [0.2, 0.25) is 5.91 Å². The number of carboxylic acid groups (broad SMARTS) is 1. The molecule has 4 rings (SSSR count). The third-order valence-electron chi connectivity index (χ3n) is 7.98. The third-order valence-corrected chi connectivity index (χ3v) is 8.22. The van der Waals surface area contributed by atoms with E-state index in [9.17, 15) is 19.2 Å². The monoisotopic (exact) mass is 680 g/mol. The Kier molecular flexibility index (Phi) is 11.7. The molecular formula is C36H41ClN2O9. The number of benzene rings is 3. The van der Waals surface area contributed by atoms with Crippen molar-refractivity contribution in [3.05, 3.63) is 81.9 Å². The predicted octanol–water partition coefficient (Wildman–Crippen LogP) is 6.12. The van der Waals surface area contributed by atoms with Crippen LogP contribution in [0.1, 0.15) is 62.0 Å². The van der Waals surface area contributed by atoms with E-state index in [1.807, 2.05) is 20.8 Å². The number of nitrogens with zero attached hydrogens (tertiary/aromatic N) is 1. The zero-order chi connectivity index (χ0) is 35.2. The number of ether oxygens (including phenoxy) is 4. The number of aliphatic carboxylic acids is 1. The van der Waals surface area contributed by atoms with Crippen LogP contribution < -0.4 is 19.7 Å². The number of carboxylic acids is 1. The number of hydrogen-bond donors (Lipinski definition) is 2. The maximum absolute atomic E-state index is 14.5. The standard InChI is InChI=1S/C36H41ClN2O9/c1-21-10-13-25(16-23(21)11-15-32(42)43)38-31(41)18-30-35(44)39(19-36(3,4)20-47-22(2)40)28-14-12-24(37)17-27(28)33(48-30)26-8-7-9-29(45-5)34(26)46-6/h7-10,12-14,16-17,30,33H,11,15,18-20H2,1-6H3,(H,38,41)(H,42,43)/t30-,33-/m1/s1. The number of anilines is 2. The number of amides is 2. The summed E-state index contributed by atoms with van der Waals surface area (Å²) in [5.41, 5.74) is 3.10. The predicted molar refractivity (Wildman–Crippen MR) is 181 cm³/mol. The van der Waals surface area contributed by atoms with E-state index in [0.29, 0.717) is 45.4 Å². The number of halogens is 1. The van der Waals surface area contributed by atoms with E-state index < -0.39 is 41.4 Å². The van der Waals surface area contributed by atoms with Gasteiger partial charge >= 0.3 is 11.9 Å². The number of para-hydroxylation sites is 1. The number of rotatable bonds is 13. The lowest BCUT2D eigenvalue weighted by atomic mass is 9.92. The Balaban J connectivity index is 1.76. The Hall–Kier alpha value is -4.61. The van der Waals surface area contributed by atoms with Crippen LogP contribution in [0.2, 0.25) is 5.02 Å². The molecule has 0 aromatic heterocycles. The normalized spacial score (nSPS) is 16.1. The Morgan fingerprint density at radius 1 is 1.04 bits per heavy atom. The molecule has 1 heterocycles. The maximum Gasteiger partial charge on any atom is 0.303 e. The van der Waals surface area contributed by atoms with Gasteiger partial charge in [0.25, 0.3) is 5.91 Å². The minimum Gasteiger partial charge on any atom is -0.493 e. The van der Waals surface area contributed by atoms with Crippen molar-refractivity contribution in [3.63, 3.8) is 0 Å². The quantitative estimate of drug-likeness (QED) is 0.204. The molecule has 2 N–H and O–H groups in total. The summed E-state index contributed by atoms with van der Waals surface area (Å²) in [4.78, 5) is 52.4. The molecule has 0 saturated heterocycles. The lowest BCUT2D eigenvalue weighted by molar-refractivity contribution is -0.144. The first-order valence-corrected chi connectivity index (χ1v) is 15.8. The Morgan fingerprint density at radius 2 is 1.79 bits per heavy atom. The average molecular weight is 681 g/mol. The molecule has 3 aromatic carbocycles. The number of aryl methyl sites for hydroxylation is 2. The fourth-order valence-electron chi connectivity index (χ4n) is 5.64. The zero-order valence-electron chi connectivity index (χ0n) is 27.9. The third kappa shape index (κ3) is 8.84. The lowest BCUT2D eigenvalue weighted by Gasteiger charge is -2.33. The topological polar surface area (TPSA) is 141 Å². The van der Waals surface area contributed by atoms with Crippen LogP contribution in [0.3, 0.4) is 0 Å². The number of carbonyl (C=O) groups is 4. The van der Waals surface area contributed by atoms with Crippen molar-refractivity contribution in [3.8, 4) is 11.5 Å². The van der Waals surface area contributed by atoms with Crippen molar-refractivity contribution in [1.29, 1.82) is 0 Å². The minimum atomic E-state index is -1.27. The Labute approximate surface area is 285 Å². The zero-order valence-corrected chi connectivity index (χ0v) is 28.7. The largest absolute Gasteiger partial charge is 0.493 e. The van der Waals surface area contributed by atoms with E-state index in [0.717, 1.165) is 11.1 Å². The average Bonchev–Trinajstić information content (AvgIpc) is 3.13. The summed E-state index contributed by atoms with van der Waals surface area (Å²) < 4.78 is 23.2. The summed E-state index contributed by atoms with van der Waals surface area (Å²) in [5, 5.41) is 12.4. The molecule has 12 heteroatoms. The van der Waals surface area contributed by atoms with E-state index in [4.69, 9.17) is 35.7 Å². The van der Waals surface area contributed by atoms with Gasteiger partial charge in [-0.05, 0) is 60.9 Å². The Morgan fingerprint density at radius 3 is 2.46 bits per heavy atom. The SMILES string of the molecule is COc1cccc([C@H]2O[C@H](CC(=O)Nc3ccc(C)c(CCC(=O)O)c3)C(=O)N(CC(C)(C)COC(C)=O)c3ccc(Cl)cc32)c1OC. The van der Waals surface area contributed by atoms with Gasteiger partial charge in [-0.1, -0.05) is 43.6 Å². The van der Waals surface area contributed by atoms with Crippen LogP contribution in [-0.4, -0.2) is 62.3 Å². The highest BCUT2D eigenvalue weighted by Gasteiger charge is 2.41. The first-order valence-electron chi connectivity index (χ1n) is 15.4. The second-order valence-corrected chi connectivity index (χ2v) is 12.9. The number of esters is 1. The number of nitrogens with one attached hydrogen (secondary N) is 1. The molecule has 0 radical (unpaired) electrons. The molecule has 0 bridgehead atoms. The van der Waals surface area contributed by atoms with Crippen molar-refractivity contribution in [2.24, 2.45) is 5.41 Å². The van der Waals surface area contributed by atoms with Gasteiger partial charge < -0.3 is 34.3 Å². The minimum absolute atomic E-state index is 0.0474. The Bertz CT molecular complexity index is 1690. The second-order valence-electron chi connectivity index (χ2n) is 12.4. The molecule has 0 spiro atoms. The lowest BCUT2D eigenvalue weighted by Crippen LogP contribution is -2.46. The molecule has 0 fully saturated rings. The van der Waals surface area contributed by atoms with Gasteiger partial charge in [0.1, 0.15) is 12.2 Å². The molecule has 256 valence electrons. The van der Waals surface area contributed by atoms with Crippen molar-refractivity contribution >= 4 is 46.7 Å². The fourth-order valence-corrected chi connectivity index (χ4v) is 5.82. The van der Waals surface area contributed by atoms with Crippen LogP contribution in [0.15, 0.2) is 54.6 Å². The van der Waals surface area contributed by atoms with Gasteiger partial charge in [0.05, 0.1) is 27.2 Å². The smallest absolute Gasteiger partial charge is 0.303 e. The summed E-state index contributed by atoms with van der Waals surface area (Å²) in [6.45, 7) is 7.10. The summed E-state index contributed by atoms with van der Waals surface area (Å²) in [5.74, 6) is -1.48. The van der Waals surface area contributed by atoms with Crippen molar-refractivity contribution in [2.75, 3.05) is 37.6 Å². The van der Waals surface area contributed by atoms with Crippen LogP contribution in [0.4, 0.5) is 11.4 Å².